The van der Waals surface area contributed by atoms with Crippen LogP contribution in [0, 0.1) is 5.92 Å². The first-order chi connectivity index (χ1) is 15.2. The van der Waals surface area contributed by atoms with Crippen LogP contribution in [0.25, 0.3) is 0 Å². The van der Waals surface area contributed by atoms with Crippen LogP contribution in [0.5, 0.6) is 17.2 Å². The van der Waals surface area contributed by atoms with Crippen molar-refractivity contribution in [2.24, 2.45) is 5.92 Å². The van der Waals surface area contributed by atoms with Crippen LogP contribution < -0.4 is 24.8 Å². The number of nitrogens with one attached hydrogen (secondary N) is 2. The number of esters is 1. The molecule has 0 bridgehead atoms. The van der Waals surface area contributed by atoms with Crippen molar-refractivity contribution in [3.8, 4) is 17.2 Å². The second-order valence-electron chi connectivity index (χ2n) is 7.45. The summed E-state index contributed by atoms with van der Waals surface area (Å²) in [5.74, 6) is -0.249. The Morgan fingerprint density at radius 3 is 2.34 bits per heavy atom. The van der Waals surface area contributed by atoms with E-state index in [1.165, 1.54) is 38.4 Å². The van der Waals surface area contributed by atoms with Gasteiger partial charge >= 0.3 is 5.97 Å². The molecule has 0 radical (unpaired) electrons. The van der Waals surface area contributed by atoms with Crippen LogP contribution in [0.15, 0.2) is 12.1 Å². The average Bonchev–Trinajstić information content (AvgIpc) is 2.77. The van der Waals surface area contributed by atoms with Crippen molar-refractivity contribution in [3.63, 3.8) is 0 Å². The number of hydrogen-bond acceptors (Lipinski definition) is 8. The van der Waals surface area contributed by atoms with Gasteiger partial charge in [-0.05, 0) is 30.3 Å². The Morgan fingerprint density at radius 2 is 1.81 bits per heavy atom. The molecule has 1 aliphatic heterocycles. The fourth-order valence-electron chi connectivity index (χ4n) is 3.09. The van der Waals surface area contributed by atoms with E-state index in [-0.39, 0.29) is 35.5 Å². The first kappa shape index (κ1) is 25.2. The first-order valence-electron chi connectivity index (χ1n) is 10.1. The molecule has 1 aliphatic rings. The number of methoxy groups -OCH3 is 3. The lowest BCUT2D eigenvalue weighted by atomic mass is 10.1. The van der Waals surface area contributed by atoms with Crippen LogP contribution >= 0.6 is 12.2 Å². The molecule has 10 nitrogen and oxygen atoms in total. The Labute approximate surface area is 192 Å². The second-order valence-corrected chi connectivity index (χ2v) is 7.84. The molecule has 0 spiro atoms. The number of hydrogen-bond donors (Lipinski definition) is 2. The van der Waals surface area contributed by atoms with Gasteiger partial charge < -0.3 is 29.2 Å². The van der Waals surface area contributed by atoms with Gasteiger partial charge in [-0.1, -0.05) is 13.8 Å². The zero-order chi connectivity index (χ0) is 23.8. The third-order valence-electron chi connectivity index (χ3n) is 4.68. The molecule has 1 aromatic carbocycles. The highest BCUT2D eigenvalue weighted by Gasteiger charge is 2.34. The van der Waals surface area contributed by atoms with E-state index in [4.69, 9.17) is 31.2 Å². The van der Waals surface area contributed by atoms with Gasteiger partial charge in [-0.3, -0.25) is 19.7 Å². The lowest BCUT2D eigenvalue weighted by Crippen LogP contribution is -2.60. The Kier molecular flexibility index (Phi) is 9.06. The number of carbonyl (C=O) groups excluding carboxylic acids is 3. The summed E-state index contributed by atoms with van der Waals surface area (Å²) in [6.07, 6.45) is -0.182. The van der Waals surface area contributed by atoms with Gasteiger partial charge in [-0.2, -0.15) is 0 Å². The van der Waals surface area contributed by atoms with E-state index in [1.807, 2.05) is 13.8 Å². The van der Waals surface area contributed by atoms with Crippen LogP contribution in [0.3, 0.4) is 0 Å². The molecule has 2 rings (SSSR count). The number of benzene rings is 1. The minimum atomic E-state index is -0.879. The normalized spacial score (nSPS) is 15.6. The molecule has 32 heavy (non-hydrogen) atoms. The van der Waals surface area contributed by atoms with E-state index in [0.717, 1.165) is 0 Å². The zero-order valence-electron chi connectivity index (χ0n) is 18.9. The lowest BCUT2D eigenvalue weighted by molar-refractivity contribution is -0.148. The van der Waals surface area contributed by atoms with Gasteiger partial charge in [-0.25, -0.2) is 0 Å². The number of piperazine rings is 1. The molecule has 1 heterocycles. The van der Waals surface area contributed by atoms with Crippen LogP contribution in [0.2, 0.25) is 0 Å². The van der Waals surface area contributed by atoms with Crippen LogP contribution in [0.4, 0.5) is 0 Å². The average molecular weight is 468 g/mol. The molecule has 0 aromatic heterocycles. The van der Waals surface area contributed by atoms with E-state index in [2.05, 4.69) is 10.6 Å². The van der Waals surface area contributed by atoms with E-state index in [9.17, 15) is 14.4 Å². The van der Waals surface area contributed by atoms with Crippen molar-refractivity contribution in [3.05, 3.63) is 17.7 Å². The maximum atomic E-state index is 12.9. The number of amides is 2. The minimum absolute atomic E-state index is 0.0280. The lowest BCUT2D eigenvalue weighted by Gasteiger charge is -2.36. The summed E-state index contributed by atoms with van der Waals surface area (Å²) < 4.78 is 21.0. The highest BCUT2D eigenvalue weighted by molar-refractivity contribution is 7.80. The molecule has 0 aliphatic carbocycles. The Bertz CT molecular complexity index is 850. The van der Waals surface area contributed by atoms with Gasteiger partial charge in [0.25, 0.3) is 5.91 Å². The van der Waals surface area contributed by atoms with Crippen molar-refractivity contribution in [1.82, 2.24) is 15.5 Å². The number of thiocarbonyl (C=S) groups is 1. The zero-order valence-corrected chi connectivity index (χ0v) is 19.7. The fourth-order valence-corrected chi connectivity index (χ4v) is 3.40. The van der Waals surface area contributed by atoms with Crippen LogP contribution in [0.1, 0.15) is 30.6 Å². The van der Waals surface area contributed by atoms with Gasteiger partial charge in [0.05, 0.1) is 34.4 Å². The summed E-state index contributed by atoms with van der Waals surface area (Å²) in [4.78, 5) is 38.9. The number of nitrogens with zero attached hydrogens (tertiary/aromatic N) is 1. The van der Waals surface area contributed by atoms with E-state index in [1.54, 1.807) is 0 Å². The molecule has 1 atom stereocenters. The largest absolute Gasteiger partial charge is 0.493 e. The minimum Gasteiger partial charge on any atom is -0.493 e. The molecule has 1 aromatic rings. The summed E-state index contributed by atoms with van der Waals surface area (Å²) in [6.45, 7) is 4.76. The maximum Gasteiger partial charge on any atom is 0.308 e. The summed E-state index contributed by atoms with van der Waals surface area (Å²) >= 11 is 5.39. The topological polar surface area (TPSA) is 115 Å². The standard InChI is InChI=1S/C21H29N3O7S/c1-12(2)11-31-17(25)10-14-20(27)22-6-7-24(14)21(32)23-19(26)13-8-15(28-3)18(30-5)16(9-13)29-4/h8-9,12,14H,6-7,10-11H2,1-5H3,(H,22,27)(H,23,26,32). The third-order valence-corrected chi connectivity index (χ3v) is 5.01. The molecule has 11 heteroatoms. The van der Waals surface area contributed by atoms with Crippen LogP contribution in [-0.4, -0.2) is 74.9 Å². The summed E-state index contributed by atoms with van der Waals surface area (Å²) in [5.41, 5.74) is 0.219. The van der Waals surface area contributed by atoms with Crippen molar-refractivity contribution in [2.75, 3.05) is 41.0 Å². The fraction of sp³-hybridized carbons (Fsp3) is 0.524. The molecular weight excluding hydrogens is 438 g/mol. The van der Waals surface area contributed by atoms with E-state index in [0.29, 0.717) is 30.3 Å². The number of rotatable bonds is 8. The summed E-state index contributed by atoms with van der Waals surface area (Å²) in [7, 11) is 4.35. The van der Waals surface area contributed by atoms with Crippen molar-refractivity contribution >= 4 is 35.1 Å². The molecule has 1 unspecified atom stereocenters. The first-order valence-corrected chi connectivity index (χ1v) is 10.5. The van der Waals surface area contributed by atoms with Gasteiger partial charge in [0, 0.05) is 18.7 Å². The Hall–Kier alpha value is -3.08. The van der Waals surface area contributed by atoms with E-state index < -0.39 is 17.9 Å². The maximum absolute atomic E-state index is 12.9. The third kappa shape index (κ3) is 6.22. The second kappa shape index (κ2) is 11.5. The summed E-state index contributed by atoms with van der Waals surface area (Å²) in [5, 5.41) is 5.35. The SMILES string of the molecule is COc1cc(C(=O)NC(=S)N2CCNC(=O)C2CC(=O)OCC(C)C)cc(OC)c1OC. The smallest absolute Gasteiger partial charge is 0.308 e. The van der Waals surface area contributed by atoms with Gasteiger partial charge in [-0.15, -0.1) is 0 Å². The highest BCUT2D eigenvalue weighted by atomic mass is 32.1. The van der Waals surface area contributed by atoms with Gasteiger partial charge in [0.1, 0.15) is 6.04 Å². The quantitative estimate of drug-likeness (QED) is 0.429. The Balaban J connectivity index is 2.16. The van der Waals surface area contributed by atoms with E-state index >= 15 is 0 Å². The molecule has 1 saturated heterocycles. The number of ether oxygens (including phenoxy) is 4. The predicted molar refractivity (Wildman–Crippen MR) is 120 cm³/mol. The van der Waals surface area contributed by atoms with Crippen LogP contribution in [-0.2, 0) is 14.3 Å². The van der Waals surface area contributed by atoms with Crippen molar-refractivity contribution < 1.29 is 33.3 Å². The number of carbonyl (C=O) groups is 3. The van der Waals surface area contributed by atoms with Crippen molar-refractivity contribution in [2.45, 2.75) is 26.3 Å². The van der Waals surface area contributed by atoms with Gasteiger partial charge in [0.15, 0.2) is 16.6 Å². The van der Waals surface area contributed by atoms with Gasteiger partial charge in [0.2, 0.25) is 11.7 Å². The molecule has 176 valence electrons. The van der Waals surface area contributed by atoms with Crippen molar-refractivity contribution in [1.29, 1.82) is 0 Å². The molecule has 2 N–H and O–H groups in total. The summed E-state index contributed by atoms with van der Waals surface area (Å²) in [6, 6.07) is 2.10. The monoisotopic (exact) mass is 467 g/mol. The molecular formula is C21H29N3O7S. The molecule has 0 saturated carbocycles. The molecule has 2 amide bonds. The predicted octanol–water partition coefficient (Wildman–Crippen LogP) is 1.12. The highest BCUT2D eigenvalue weighted by Crippen LogP contribution is 2.38. The Morgan fingerprint density at radius 1 is 1.19 bits per heavy atom. The molecule has 1 fully saturated rings.